The highest BCUT2D eigenvalue weighted by Gasteiger charge is 2.24. The maximum Gasteiger partial charge on any atom is 0.251 e. The second kappa shape index (κ2) is 12.4. The Hall–Kier alpha value is -3.29. The molecule has 0 bridgehead atoms. The molecule has 1 amide bonds. The molecular formula is C28H35N3O4. The summed E-state index contributed by atoms with van der Waals surface area (Å²) >= 11 is 0. The van der Waals surface area contributed by atoms with E-state index in [1.54, 1.807) is 25.5 Å². The summed E-state index contributed by atoms with van der Waals surface area (Å²) in [4.78, 5) is 17.4. The topological polar surface area (TPSA) is 74.3 Å². The quantitative estimate of drug-likeness (QED) is 0.501. The van der Waals surface area contributed by atoms with Gasteiger partial charge in [-0.2, -0.15) is 0 Å². The van der Waals surface area contributed by atoms with E-state index in [1.807, 2.05) is 42.7 Å². The molecule has 0 spiro atoms. The molecule has 2 aromatic carbocycles. The summed E-state index contributed by atoms with van der Waals surface area (Å²) in [5.41, 5.74) is 2.80. The van der Waals surface area contributed by atoms with Crippen LogP contribution >= 0.6 is 0 Å². The fraction of sp³-hybridized carbons (Fsp3) is 0.393. The molecule has 2 heterocycles. The highest BCUT2D eigenvalue weighted by molar-refractivity contribution is 5.95. The third kappa shape index (κ3) is 6.87. The molecule has 2 aromatic rings. The highest BCUT2D eigenvalue weighted by atomic mass is 16.5. The number of likely N-dealkylation sites (tertiary alicyclic amines) is 1. The lowest BCUT2D eigenvalue weighted by Crippen LogP contribution is -2.38. The van der Waals surface area contributed by atoms with Crippen molar-refractivity contribution in [1.82, 2.24) is 15.1 Å². The van der Waals surface area contributed by atoms with Crippen LogP contribution in [0.3, 0.4) is 0 Å². The number of phenols is 1. The summed E-state index contributed by atoms with van der Waals surface area (Å²) in [6.45, 7) is 5.08. The van der Waals surface area contributed by atoms with Crippen molar-refractivity contribution < 1.29 is 19.4 Å². The molecule has 1 fully saturated rings. The maximum atomic E-state index is 12.8. The Labute approximate surface area is 207 Å². The second-order valence-electron chi connectivity index (χ2n) is 8.99. The molecule has 1 saturated heterocycles. The van der Waals surface area contributed by atoms with Crippen LogP contribution in [0.1, 0.15) is 46.7 Å². The van der Waals surface area contributed by atoms with Crippen molar-refractivity contribution in [2.75, 3.05) is 46.4 Å². The number of ether oxygens (including phenoxy) is 2. The molecular weight excluding hydrogens is 442 g/mol. The van der Waals surface area contributed by atoms with Crippen molar-refractivity contribution in [3.63, 3.8) is 0 Å². The summed E-state index contributed by atoms with van der Waals surface area (Å²) in [5, 5.41) is 12.8. The Morgan fingerprint density at radius 2 is 1.97 bits per heavy atom. The Kier molecular flexibility index (Phi) is 8.81. The van der Waals surface area contributed by atoms with Gasteiger partial charge in [0, 0.05) is 56.9 Å². The molecule has 2 aliphatic heterocycles. The Bertz CT molecular complexity index is 1040. The Balaban J connectivity index is 1.28. The van der Waals surface area contributed by atoms with Crippen LogP contribution in [0.15, 0.2) is 67.2 Å². The number of phenolic OH excluding ortho intramolecular Hbond substituents is 1. The molecule has 0 aromatic heterocycles. The average Bonchev–Trinajstić information content (AvgIpc) is 2.90. The zero-order valence-corrected chi connectivity index (χ0v) is 20.4. The van der Waals surface area contributed by atoms with Crippen LogP contribution in [-0.4, -0.2) is 67.3 Å². The van der Waals surface area contributed by atoms with Gasteiger partial charge < -0.3 is 29.7 Å². The first-order valence-corrected chi connectivity index (χ1v) is 12.3. The standard InChI is InChI=1S/C28H35N3O4/c1-34-18-5-12-29-28(33)26-9-3-2-8-25(26)22-10-13-30(14-11-22)15-16-31-17-19-35-27(21-31)23-6-4-7-24(32)20-23/h2-4,6-9,17,19-22,32H,5,10-16,18H2,1H3,(H,29,33). The molecule has 0 aliphatic carbocycles. The molecule has 35 heavy (non-hydrogen) atoms. The number of benzene rings is 2. The van der Waals surface area contributed by atoms with Crippen LogP contribution in [0, 0.1) is 0 Å². The van der Waals surface area contributed by atoms with E-state index < -0.39 is 0 Å². The van der Waals surface area contributed by atoms with Gasteiger partial charge in [-0.05, 0) is 62.0 Å². The van der Waals surface area contributed by atoms with Crippen LogP contribution in [0.4, 0.5) is 0 Å². The summed E-state index contributed by atoms with van der Waals surface area (Å²) in [5.74, 6) is 1.35. The van der Waals surface area contributed by atoms with E-state index >= 15 is 0 Å². The third-order valence-electron chi connectivity index (χ3n) is 6.58. The zero-order chi connectivity index (χ0) is 24.5. The van der Waals surface area contributed by atoms with E-state index in [2.05, 4.69) is 21.2 Å². The number of piperidine rings is 1. The summed E-state index contributed by atoms with van der Waals surface area (Å²) in [6, 6.07) is 15.1. The van der Waals surface area contributed by atoms with Gasteiger partial charge in [-0.15, -0.1) is 0 Å². The number of nitrogens with zero attached hydrogens (tertiary/aromatic N) is 2. The van der Waals surface area contributed by atoms with E-state index in [-0.39, 0.29) is 11.7 Å². The Morgan fingerprint density at radius 3 is 2.77 bits per heavy atom. The first kappa shape index (κ1) is 24.8. The van der Waals surface area contributed by atoms with E-state index in [0.29, 0.717) is 19.1 Å². The summed E-state index contributed by atoms with van der Waals surface area (Å²) in [7, 11) is 1.67. The van der Waals surface area contributed by atoms with Gasteiger partial charge in [0.1, 0.15) is 17.8 Å². The SMILES string of the molecule is COCCCNC(=O)c1ccccc1C1CCN(CCN2C=COC(c3cccc(O)c3)=C2)CC1. The lowest BCUT2D eigenvalue weighted by molar-refractivity contribution is 0.0946. The van der Waals surface area contributed by atoms with Crippen molar-refractivity contribution in [3.05, 3.63) is 83.9 Å². The number of rotatable bonds is 10. The molecule has 2 aliphatic rings. The van der Waals surface area contributed by atoms with Gasteiger partial charge in [0.2, 0.25) is 0 Å². The van der Waals surface area contributed by atoms with E-state index in [0.717, 1.165) is 67.9 Å². The van der Waals surface area contributed by atoms with Gasteiger partial charge >= 0.3 is 0 Å². The lowest BCUT2D eigenvalue weighted by atomic mass is 9.86. The van der Waals surface area contributed by atoms with Crippen molar-refractivity contribution in [3.8, 4) is 5.75 Å². The third-order valence-corrected chi connectivity index (χ3v) is 6.58. The molecule has 0 radical (unpaired) electrons. The smallest absolute Gasteiger partial charge is 0.251 e. The van der Waals surface area contributed by atoms with Gasteiger partial charge in [-0.3, -0.25) is 4.79 Å². The van der Waals surface area contributed by atoms with Crippen molar-refractivity contribution in [1.29, 1.82) is 0 Å². The number of methoxy groups -OCH3 is 1. The van der Waals surface area contributed by atoms with Crippen molar-refractivity contribution in [2.24, 2.45) is 0 Å². The number of amides is 1. The van der Waals surface area contributed by atoms with E-state index in [4.69, 9.17) is 9.47 Å². The van der Waals surface area contributed by atoms with Gasteiger partial charge in [-0.1, -0.05) is 30.3 Å². The largest absolute Gasteiger partial charge is 0.508 e. The van der Waals surface area contributed by atoms with Crippen LogP contribution in [0.2, 0.25) is 0 Å². The van der Waals surface area contributed by atoms with Gasteiger partial charge in [0.15, 0.2) is 0 Å². The predicted molar refractivity (Wildman–Crippen MR) is 137 cm³/mol. The van der Waals surface area contributed by atoms with Crippen LogP contribution < -0.4 is 5.32 Å². The van der Waals surface area contributed by atoms with Gasteiger partial charge in [-0.25, -0.2) is 0 Å². The average molecular weight is 478 g/mol. The summed E-state index contributed by atoms with van der Waals surface area (Å²) < 4.78 is 10.7. The molecule has 4 rings (SSSR count). The predicted octanol–water partition coefficient (Wildman–Crippen LogP) is 4.14. The van der Waals surface area contributed by atoms with Crippen molar-refractivity contribution in [2.45, 2.75) is 25.2 Å². The molecule has 7 nitrogen and oxygen atoms in total. The maximum absolute atomic E-state index is 12.8. The normalized spacial score (nSPS) is 16.6. The monoisotopic (exact) mass is 477 g/mol. The minimum absolute atomic E-state index is 0.00700. The van der Waals surface area contributed by atoms with Crippen LogP contribution in [-0.2, 0) is 9.47 Å². The minimum atomic E-state index is 0.00700. The number of hydrogen-bond donors (Lipinski definition) is 2. The minimum Gasteiger partial charge on any atom is -0.508 e. The Morgan fingerprint density at radius 1 is 1.14 bits per heavy atom. The first-order valence-electron chi connectivity index (χ1n) is 12.3. The number of hydrogen-bond acceptors (Lipinski definition) is 6. The van der Waals surface area contributed by atoms with E-state index in [1.165, 1.54) is 0 Å². The second-order valence-corrected chi connectivity index (χ2v) is 8.99. The number of carbonyl (C=O) groups excluding carboxylic acids is 1. The molecule has 7 heteroatoms. The highest BCUT2D eigenvalue weighted by Crippen LogP contribution is 2.30. The molecule has 0 unspecified atom stereocenters. The molecule has 2 N–H and O–H groups in total. The number of aromatic hydroxyl groups is 1. The van der Waals surface area contributed by atoms with Gasteiger partial charge in [0.25, 0.3) is 5.91 Å². The number of carbonyl (C=O) groups is 1. The van der Waals surface area contributed by atoms with E-state index in [9.17, 15) is 9.90 Å². The fourth-order valence-corrected chi connectivity index (χ4v) is 4.64. The number of nitrogens with one attached hydrogen (secondary N) is 1. The zero-order valence-electron chi connectivity index (χ0n) is 20.4. The van der Waals surface area contributed by atoms with Crippen LogP contribution in [0.5, 0.6) is 5.75 Å². The molecule has 0 atom stereocenters. The molecule has 0 saturated carbocycles. The van der Waals surface area contributed by atoms with Crippen molar-refractivity contribution >= 4 is 11.7 Å². The molecule has 186 valence electrons. The lowest BCUT2D eigenvalue weighted by Gasteiger charge is -2.34. The fourth-order valence-electron chi connectivity index (χ4n) is 4.64. The van der Waals surface area contributed by atoms with Gasteiger partial charge in [0.05, 0.1) is 0 Å². The summed E-state index contributed by atoms with van der Waals surface area (Å²) in [6.07, 6.45) is 8.48. The first-order chi connectivity index (χ1) is 17.1. The van der Waals surface area contributed by atoms with Crippen LogP contribution in [0.25, 0.3) is 5.76 Å².